The van der Waals surface area contributed by atoms with Crippen molar-refractivity contribution in [2.75, 3.05) is 13.2 Å². The molecule has 1 saturated heterocycles. The van der Waals surface area contributed by atoms with Crippen LogP contribution in [0.15, 0.2) is 28.7 Å². The maximum Gasteiger partial charge on any atom is 0.222 e. The van der Waals surface area contributed by atoms with E-state index in [0.717, 1.165) is 10.0 Å². The lowest BCUT2D eigenvalue weighted by molar-refractivity contribution is -0.120. The van der Waals surface area contributed by atoms with Crippen LogP contribution in [0.5, 0.6) is 0 Å². The zero-order valence-electron chi connectivity index (χ0n) is 8.20. The lowest BCUT2D eigenvalue weighted by Crippen LogP contribution is -2.25. The van der Waals surface area contributed by atoms with Gasteiger partial charge in [-0.05, 0) is 17.7 Å². The van der Waals surface area contributed by atoms with E-state index < -0.39 is 0 Å². The van der Waals surface area contributed by atoms with Crippen LogP contribution in [0.2, 0.25) is 0 Å². The number of hydrogen-bond donors (Lipinski definition) is 1. The molecule has 0 saturated carbocycles. The smallest absolute Gasteiger partial charge is 0.222 e. The number of halogens is 1. The number of nitrogens with one attached hydrogen (secondary N) is 1. The molecule has 4 heteroatoms. The summed E-state index contributed by atoms with van der Waals surface area (Å²) in [6.07, 6.45) is 0.416. The number of carbonyl (C=O) groups is 1. The molecule has 0 bridgehead atoms. The lowest BCUT2D eigenvalue weighted by Gasteiger charge is -2.15. The van der Waals surface area contributed by atoms with Gasteiger partial charge in [0, 0.05) is 17.4 Å². The van der Waals surface area contributed by atoms with Crippen LogP contribution < -0.4 is 5.32 Å². The van der Waals surface area contributed by atoms with Crippen LogP contribution in [0.25, 0.3) is 0 Å². The Hall–Kier alpha value is -0.870. The molecular weight excluding hydrogens is 258 g/mol. The average molecular weight is 270 g/mol. The van der Waals surface area contributed by atoms with E-state index in [-0.39, 0.29) is 12.0 Å². The zero-order valence-corrected chi connectivity index (χ0v) is 9.79. The molecule has 1 aromatic carbocycles. The maximum absolute atomic E-state index is 11.1. The lowest BCUT2D eigenvalue weighted by atomic mass is 10.1. The van der Waals surface area contributed by atoms with Crippen LogP contribution in [0.3, 0.4) is 0 Å². The minimum absolute atomic E-state index is 0.0334. The van der Waals surface area contributed by atoms with Gasteiger partial charge >= 0.3 is 0 Å². The zero-order chi connectivity index (χ0) is 10.7. The van der Waals surface area contributed by atoms with Crippen LogP contribution in [-0.2, 0) is 9.53 Å². The normalized spacial score (nSPS) is 21.9. The van der Waals surface area contributed by atoms with Crippen LogP contribution in [-0.4, -0.2) is 19.1 Å². The summed E-state index contributed by atoms with van der Waals surface area (Å²) in [6.45, 7) is 1.04. The van der Waals surface area contributed by atoms with Gasteiger partial charge in [0.1, 0.15) is 0 Å². The third-order valence-electron chi connectivity index (χ3n) is 2.35. The summed E-state index contributed by atoms with van der Waals surface area (Å²) in [6, 6.07) is 7.96. The van der Waals surface area contributed by atoms with Crippen LogP contribution >= 0.6 is 15.9 Å². The van der Waals surface area contributed by atoms with E-state index in [1.54, 1.807) is 0 Å². The van der Waals surface area contributed by atoms with Crippen molar-refractivity contribution < 1.29 is 9.53 Å². The van der Waals surface area contributed by atoms with Crippen molar-refractivity contribution in [1.82, 2.24) is 5.32 Å². The van der Waals surface area contributed by atoms with Gasteiger partial charge in [-0.2, -0.15) is 0 Å². The van der Waals surface area contributed by atoms with Crippen molar-refractivity contribution in [3.63, 3.8) is 0 Å². The summed E-state index contributed by atoms with van der Waals surface area (Å²) >= 11 is 3.42. The van der Waals surface area contributed by atoms with Crippen molar-refractivity contribution in [1.29, 1.82) is 0 Å². The van der Waals surface area contributed by atoms with Gasteiger partial charge in [0.2, 0.25) is 5.91 Å². The molecule has 0 spiro atoms. The first kappa shape index (κ1) is 10.6. The molecular formula is C11H12BrNO2. The Morgan fingerprint density at radius 1 is 1.47 bits per heavy atom. The summed E-state index contributed by atoms with van der Waals surface area (Å²) < 4.78 is 6.64. The molecule has 0 aliphatic carbocycles. The van der Waals surface area contributed by atoms with Gasteiger partial charge in [0.15, 0.2) is 0 Å². The van der Waals surface area contributed by atoms with E-state index in [1.807, 2.05) is 24.3 Å². The van der Waals surface area contributed by atoms with E-state index >= 15 is 0 Å². The highest BCUT2D eigenvalue weighted by Crippen LogP contribution is 2.21. The maximum atomic E-state index is 11.1. The summed E-state index contributed by atoms with van der Waals surface area (Å²) in [5.74, 6) is 0.0625. The van der Waals surface area contributed by atoms with Crippen molar-refractivity contribution in [2.45, 2.75) is 12.5 Å². The van der Waals surface area contributed by atoms with Crippen molar-refractivity contribution >= 4 is 21.8 Å². The Morgan fingerprint density at radius 3 is 3.13 bits per heavy atom. The second kappa shape index (κ2) is 4.77. The van der Waals surface area contributed by atoms with E-state index in [1.165, 1.54) is 0 Å². The standard InChI is InChI=1S/C11H12BrNO2/c12-9-3-1-2-8(6-9)10-7-13-11(14)4-5-15-10/h1-3,6,10H,4-5,7H2,(H,13,14). The average Bonchev–Trinajstić information content (AvgIpc) is 2.43. The molecule has 1 atom stereocenters. The molecule has 1 amide bonds. The van der Waals surface area contributed by atoms with Gasteiger partial charge in [-0.3, -0.25) is 4.79 Å². The van der Waals surface area contributed by atoms with Crippen molar-refractivity contribution in [3.05, 3.63) is 34.3 Å². The fourth-order valence-electron chi connectivity index (χ4n) is 1.57. The van der Waals surface area contributed by atoms with Gasteiger partial charge in [0.25, 0.3) is 0 Å². The summed E-state index contributed by atoms with van der Waals surface area (Å²) in [5, 5.41) is 2.83. The molecule has 1 fully saturated rings. The van der Waals surface area contributed by atoms with E-state index in [0.29, 0.717) is 19.6 Å². The van der Waals surface area contributed by atoms with Gasteiger partial charge in [-0.1, -0.05) is 28.1 Å². The predicted octanol–water partition coefficient (Wildman–Crippen LogP) is 2.03. The second-order valence-electron chi connectivity index (χ2n) is 3.47. The third-order valence-corrected chi connectivity index (χ3v) is 2.85. The highest BCUT2D eigenvalue weighted by atomic mass is 79.9. The number of hydrogen-bond acceptors (Lipinski definition) is 2. The Bertz CT molecular complexity index is 367. The number of rotatable bonds is 1. The quantitative estimate of drug-likeness (QED) is 0.847. The number of ether oxygens (including phenoxy) is 1. The SMILES string of the molecule is O=C1CCOC(c2cccc(Br)c2)CN1. The number of amides is 1. The third kappa shape index (κ3) is 2.79. The molecule has 1 aliphatic heterocycles. The van der Waals surface area contributed by atoms with Crippen molar-refractivity contribution in [3.8, 4) is 0 Å². The minimum Gasteiger partial charge on any atom is -0.371 e. The highest BCUT2D eigenvalue weighted by Gasteiger charge is 2.17. The molecule has 1 aromatic rings. The van der Waals surface area contributed by atoms with Gasteiger partial charge in [0.05, 0.1) is 12.7 Å². The monoisotopic (exact) mass is 269 g/mol. The second-order valence-corrected chi connectivity index (χ2v) is 4.38. The van der Waals surface area contributed by atoms with Crippen molar-refractivity contribution in [2.24, 2.45) is 0 Å². The first-order valence-electron chi connectivity index (χ1n) is 4.89. The largest absolute Gasteiger partial charge is 0.371 e. The summed E-state index contributed by atoms with van der Waals surface area (Å²) in [4.78, 5) is 11.1. The first-order valence-corrected chi connectivity index (χ1v) is 5.69. The molecule has 1 aliphatic rings. The molecule has 15 heavy (non-hydrogen) atoms. The predicted molar refractivity (Wildman–Crippen MR) is 60.5 cm³/mol. The Labute approximate surface area is 96.9 Å². The first-order chi connectivity index (χ1) is 7.25. The molecule has 1 unspecified atom stereocenters. The molecule has 2 rings (SSSR count). The van der Waals surface area contributed by atoms with E-state index in [9.17, 15) is 4.79 Å². The Morgan fingerprint density at radius 2 is 2.33 bits per heavy atom. The van der Waals surface area contributed by atoms with Gasteiger partial charge < -0.3 is 10.1 Å². The highest BCUT2D eigenvalue weighted by molar-refractivity contribution is 9.10. The Kier molecular flexibility index (Phi) is 3.38. The molecule has 1 N–H and O–H groups in total. The molecule has 3 nitrogen and oxygen atoms in total. The van der Waals surface area contributed by atoms with Crippen LogP contribution in [0.1, 0.15) is 18.1 Å². The fraction of sp³-hybridized carbons (Fsp3) is 0.364. The number of benzene rings is 1. The fourth-order valence-corrected chi connectivity index (χ4v) is 1.99. The number of carbonyl (C=O) groups excluding carboxylic acids is 1. The molecule has 1 heterocycles. The Balaban J connectivity index is 2.13. The van der Waals surface area contributed by atoms with Crippen LogP contribution in [0.4, 0.5) is 0 Å². The van der Waals surface area contributed by atoms with Gasteiger partial charge in [-0.15, -0.1) is 0 Å². The molecule has 0 aromatic heterocycles. The summed E-state index contributed by atoms with van der Waals surface area (Å²) in [5.41, 5.74) is 1.09. The molecule has 0 radical (unpaired) electrons. The van der Waals surface area contributed by atoms with E-state index in [2.05, 4.69) is 21.2 Å². The van der Waals surface area contributed by atoms with Gasteiger partial charge in [-0.25, -0.2) is 0 Å². The molecule has 80 valence electrons. The van der Waals surface area contributed by atoms with E-state index in [4.69, 9.17) is 4.74 Å². The minimum atomic E-state index is -0.0334. The topological polar surface area (TPSA) is 38.3 Å². The van der Waals surface area contributed by atoms with Crippen LogP contribution in [0, 0.1) is 0 Å². The summed E-state index contributed by atoms with van der Waals surface area (Å²) in [7, 11) is 0.